The number of hydrogen-bond acceptors (Lipinski definition) is 7. The minimum absolute atomic E-state index is 0.0560. The fourth-order valence-electron chi connectivity index (χ4n) is 2.93. The van der Waals surface area contributed by atoms with E-state index in [4.69, 9.17) is 15.2 Å². The molecule has 1 heterocycles. The molecule has 0 atom stereocenters. The van der Waals surface area contributed by atoms with Crippen molar-refractivity contribution in [2.24, 2.45) is 0 Å². The number of esters is 1. The van der Waals surface area contributed by atoms with Crippen LogP contribution in [0.25, 0.3) is 11.1 Å². The van der Waals surface area contributed by atoms with Crippen LogP contribution in [0.5, 0.6) is 11.5 Å². The maximum absolute atomic E-state index is 12.5. The highest BCUT2D eigenvalue weighted by Gasteiger charge is 2.23. The molecular formula is C22H15BrN4O4. The van der Waals surface area contributed by atoms with Crippen LogP contribution in [-0.4, -0.2) is 17.6 Å². The van der Waals surface area contributed by atoms with Gasteiger partial charge in [0.2, 0.25) is 0 Å². The van der Waals surface area contributed by atoms with Crippen LogP contribution >= 0.6 is 15.9 Å². The van der Waals surface area contributed by atoms with Gasteiger partial charge in [-0.05, 0) is 52.7 Å². The number of nitriles is 2. The third kappa shape index (κ3) is 4.27. The summed E-state index contributed by atoms with van der Waals surface area (Å²) >= 11 is 3.36. The van der Waals surface area contributed by atoms with Crippen LogP contribution in [-0.2, 0) is 0 Å². The van der Waals surface area contributed by atoms with Crippen molar-refractivity contribution in [3.8, 4) is 34.8 Å². The van der Waals surface area contributed by atoms with Gasteiger partial charge in [-0.2, -0.15) is 10.5 Å². The largest absolute Gasteiger partial charge is 0.490 e. The molecule has 9 heteroatoms. The highest BCUT2D eigenvalue weighted by atomic mass is 79.9. The maximum atomic E-state index is 12.5. The van der Waals surface area contributed by atoms with E-state index in [9.17, 15) is 20.1 Å². The molecule has 8 nitrogen and oxygen atoms in total. The number of hydrogen-bond donors (Lipinski definition) is 2. The zero-order valence-electron chi connectivity index (χ0n) is 16.2. The Bertz CT molecular complexity index is 1300. The summed E-state index contributed by atoms with van der Waals surface area (Å²) in [5.74, 6) is -0.446. The van der Waals surface area contributed by atoms with Crippen molar-refractivity contribution in [2.45, 2.75) is 6.92 Å². The molecule has 3 rings (SSSR count). The fourth-order valence-corrected chi connectivity index (χ4v) is 3.46. The number of pyridine rings is 1. The minimum Gasteiger partial charge on any atom is -0.490 e. The number of aromatic amines is 1. The maximum Gasteiger partial charge on any atom is 0.343 e. The van der Waals surface area contributed by atoms with E-state index < -0.39 is 11.5 Å². The molecule has 0 unspecified atom stereocenters. The van der Waals surface area contributed by atoms with Crippen LogP contribution in [0.4, 0.5) is 5.82 Å². The standard InChI is InChI=1S/C22H15BrN4O4/c1-2-30-17-9-13(18-14(10-24)20(26)27-21(28)15(18)11-25)8-16(23)19(17)31-22(29)12-6-4-3-5-7-12/h3-9H,2H2,1H3,(H3,26,27,28). The monoisotopic (exact) mass is 478 g/mol. The Balaban J connectivity index is 2.19. The Morgan fingerprint density at radius 1 is 1.16 bits per heavy atom. The number of rotatable bonds is 5. The number of nitrogens with zero attached hydrogens (tertiary/aromatic N) is 2. The quantitative estimate of drug-likeness (QED) is 0.419. The number of halogens is 1. The van der Waals surface area contributed by atoms with E-state index in [1.807, 2.05) is 12.1 Å². The topological polar surface area (TPSA) is 142 Å². The Hall–Kier alpha value is -4.08. The lowest BCUT2D eigenvalue weighted by molar-refractivity contribution is 0.0727. The van der Waals surface area contributed by atoms with Gasteiger partial charge in [-0.1, -0.05) is 18.2 Å². The van der Waals surface area contributed by atoms with Crippen molar-refractivity contribution in [3.63, 3.8) is 0 Å². The molecule has 0 spiro atoms. The van der Waals surface area contributed by atoms with Crippen LogP contribution in [0, 0.1) is 22.7 Å². The lowest BCUT2D eigenvalue weighted by Crippen LogP contribution is -2.16. The normalized spacial score (nSPS) is 10.1. The van der Waals surface area contributed by atoms with Crippen molar-refractivity contribution >= 4 is 27.7 Å². The SMILES string of the molecule is CCOc1cc(-c2c(C#N)c(N)[nH]c(=O)c2C#N)cc(Br)c1OC(=O)c1ccccc1. The van der Waals surface area contributed by atoms with Gasteiger partial charge in [-0.3, -0.25) is 4.79 Å². The molecule has 3 aromatic rings. The van der Waals surface area contributed by atoms with Crippen LogP contribution in [0.2, 0.25) is 0 Å². The minimum atomic E-state index is -0.720. The third-order valence-corrected chi connectivity index (χ3v) is 4.86. The predicted octanol–water partition coefficient (Wildman–Crippen LogP) is 3.75. The van der Waals surface area contributed by atoms with E-state index >= 15 is 0 Å². The van der Waals surface area contributed by atoms with E-state index in [1.165, 1.54) is 12.1 Å². The van der Waals surface area contributed by atoms with E-state index in [0.717, 1.165) is 0 Å². The molecule has 3 N–H and O–H groups in total. The highest BCUT2D eigenvalue weighted by molar-refractivity contribution is 9.10. The summed E-state index contributed by atoms with van der Waals surface area (Å²) in [6, 6.07) is 15.2. The molecule has 2 aromatic carbocycles. The lowest BCUT2D eigenvalue weighted by atomic mass is 9.96. The van der Waals surface area contributed by atoms with Gasteiger partial charge >= 0.3 is 5.97 Å². The number of H-pyrrole nitrogens is 1. The lowest BCUT2D eigenvalue weighted by Gasteiger charge is -2.16. The molecule has 0 bridgehead atoms. The predicted molar refractivity (Wildman–Crippen MR) is 117 cm³/mol. The van der Waals surface area contributed by atoms with Crippen LogP contribution in [0.3, 0.4) is 0 Å². The van der Waals surface area contributed by atoms with E-state index in [1.54, 1.807) is 37.3 Å². The van der Waals surface area contributed by atoms with Gasteiger partial charge in [0.05, 0.1) is 16.6 Å². The summed E-state index contributed by atoms with van der Waals surface area (Å²) in [6.45, 7) is 2.00. The second-order valence-electron chi connectivity index (χ2n) is 6.19. The number of nitrogens with two attached hydrogens (primary N) is 1. The molecule has 0 saturated carbocycles. The molecule has 154 valence electrons. The smallest absolute Gasteiger partial charge is 0.343 e. The summed E-state index contributed by atoms with van der Waals surface area (Å²) in [5.41, 5.74) is 5.48. The number of nitrogens with one attached hydrogen (secondary N) is 1. The third-order valence-electron chi connectivity index (χ3n) is 4.27. The Morgan fingerprint density at radius 3 is 2.45 bits per heavy atom. The summed E-state index contributed by atoms with van der Waals surface area (Å²) in [7, 11) is 0. The Labute approximate surface area is 185 Å². The van der Waals surface area contributed by atoms with Gasteiger partial charge in [-0.15, -0.1) is 0 Å². The van der Waals surface area contributed by atoms with Crippen LogP contribution < -0.4 is 20.8 Å². The summed E-state index contributed by atoms with van der Waals surface area (Å²) < 4.78 is 11.5. The van der Waals surface area contributed by atoms with Gasteiger partial charge in [0.15, 0.2) is 11.5 Å². The fraction of sp³-hybridized carbons (Fsp3) is 0.0909. The number of aromatic nitrogens is 1. The van der Waals surface area contributed by atoms with E-state index in [2.05, 4.69) is 20.9 Å². The van der Waals surface area contributed by atoms with Crippen molar-refractivity contribution in [2.75, 3.05) is 12.3 Å². The van der Waals surface area contributed by atoms with Gasteiger partial charge < -0.3 is 20.2 Å². The van der Waals surface area contributed by atoms with Gasteiger partial charge in [-0.25, -0.2) is 4.79 Å². The zero-order valence-corrected chi connectivity index (χ0v) is 17.8. The first-order valence-electron chi connectivity index (χ1n) is 9.01. The Morgan fingerprint density at radius 2 is 1.84 bits per heavy atom. The van der Waals surface area contributed by atoms with Gasteiger partial charge in [0, 0.05) is 5.56 Å². The molecule has 0 radical (unpaired) electrons. The molecule has 31 heavy (non-hydrogen) atoms. The molecule has 0 amide bonds. The molecule has 0 fully saturated rings. The van der Waals surface area contributed by atoms with Crippen LogP contribution in [0.1, 0.15) is 28.4 Å². The van der Waals surface area contributed by atoms with Crippen molar-refractivity contribution in [3.05, 3.63) is 74.0 Å². The molecule has 0 aliphatic heterocycles. The average molecular weight is 479 g/mol. The molecular weight excluding hydrogens is 464 g/mol. The highest BCUT2D eigenvalue weighted by Crippen LogP contribution is 2.41. The number of anilines is 1. The summed E-state index contributed by atoms with van der Waals surface area (Å²) in [4.78, 5) is 27.0. The molecule has 0 aliphatic carbocycles. The van der Waals surface area contributed by atoms with Gasteiger partial charge in [0.25, 0.3) is 5.56 Å². The van der Waals surface area contributed by atoms with E-state index in [0.29, 0.717) is 15.6 Å². The second-order valence-corrected chi connectivity index (χ2v) is 7.04. The zero-order chi connectivity index (χ0) is 22.5. The number of carbonyl (C=O) groups is 1. The van der Waals surface area contributed by atoms with Crippen molar-refractivity contribution < 1.29 is 14.3 Å². The molecule has 1 aromatic heterocycles. The van der Waals surface area contributed by atoms with Crippen LogP contribution in [0.15, 0.2) is 51.7 Å². The molecule has 0 aliphatic rings. The Kier molecular flexibility index (Phi) is 6.39. The summed E-state index contributed by atoms with van der Waals surface area (Å²) in [5, 5.41) is 19.0. The van der Waals surface area contributed by atoms with Gasteiger partial charge in [0.1, 0.15) is 29.1 Å². The van der Waals surface area contributed by atoms with E-state index in [-0.39, 0.29) is 40.6 Å². The summed E-state index contributed by atoms with van der Waals surface area (Å²) in [6.07, 6.45) is 0. The number of benzene rings is 2. The average Bonchev–Trinajstić information content (AvgIpc) is 2.76. The number of nitrogen functional groups attached to an aromatic ring is 1. The number of carbonyl (C=O) groups excluding carboxylic acids is 1. The number of ether oxygens (including phenoxy) is 2. The van der Waals surface area contributed by atoms with Crippen molar-refractivity contribution in [1.29, 1.82) is 10.5 Å². The first-order valence-corrected chi connectivity index (χ1v) is 9.80. The first-order chi connectivity index (χ1) is 14.9. The molecule has 0 saturated heterocycles. The van der Waals surface area contributed by atoms with Crippen molar-refractivity contribution in [1.82, 2.24) is 4.98 Å². The first kappa shape index (κ1) is 21.6. The second kappa shape index (κ2) is 9.16.